The summed E-state index contributed by atoms with van der Waals surface area (Å²) in [6.07, 6.45) is 0.649. The van der Waals surface area contributed by atoms with Crippen LogP contribution in [0.3, 0.4) is 0 Å². The first-order chi connectivity index (χ1) is 9.66. The average molecular weight is 272 g/mol. The summed E-state index contributed by atoms with van der Waals surface area (Å²) in [5, 5.41) is 15.9. The molecule has 0 heterocycles. The average Bonchev–Trinajstić information content (AvgIpc) is 2.46. The van der Waals surface area contributed by atoms with Gasteiger partial charge in [0.05, 0.1) is 6.10 Å². The Bertz CT molecular complexity index is 539. The molecule has 0 aliphatic heterocycles. The molecule has 0 aliphatic rings. The maximum absolute atomic E-state index is 10.2. The van der Waals surface area contributed by atoms with Crippen molar-refractivity contribution >= 4 is 10.8 Å². The van der Waals surface area contributed by atoms with Gasteiger partial charge in [-0.15, -0.1) is 0 Å². The first kappa shape index (κ1) is 15.0. The van der Waals surface area contributed by atoms with Crippen LogP contribution in [-0.2, 0) is 0 Å². The van der Waals surface area contributed by atoms with Crippen molar-refractivity contribution in [3.05, 3.63) is 48.0 Å². The second-order valence-electron chi connectivity index (χ2n) is 5.48. The Morgan fingerprint density at radius 1 is 1.10 bits per heavy atom. The van der Waals surface area contributed by atoms with Gasteiger partial charge in [0.2, 0.25) is 0 Å². The number of hydrogen-bond acceptors (Lipinski definition) is 3. The zero-order chi connectivity index (χ0) is 14.4. The molecule has 0 spiro atoms. The molecule has 2 rings (SSSR count). The molecule has 0 bridgehead atoms. The minimum atomic E-state index is -0.445. The normalized spacial score (nSPS) is 13.0. The van der Waals surface area contributed by atoms with Crippen LogP contribution >= 0.6 is 0 Å². The number of fused-ring (bicyclic) bond motifs is 1. The van der Waals surface area contributed by atoms with Crippen molar-refractivity contribution in [2.24, 2.45) is 0 Å². The summed E-state index contributed by atoms with van der Waals surface area (Å²) in [5.41, 5.74) is 0.976. The molecule has 2 N–H and O–H groups in total. The van der Waals surface area contributed by atoms with Gasteiger partial charge < -0.3 is 15.3 Å². The highest BCUT2D eigenvalue weighted by atomic mass is 16.3. The van der Waals surface area contributed by atoms with Gasteiger partial charge in [-0.3, -0.25) is 0 Å². The Hall–Kier alpha value is -1.42. The molecule has 2 aromatic carbocycles. The van der Waals surface area contributed by atoms with Crippen LogP contribution < -0.4 is 5.32 Å². The highest BCUT2D eigenvalue weighted by Gasteiger charge is 2.07. The molecule has 2 aromatic rings. The predicted octanol–water partition coefficient (Wildman–Crippen LogP) is 2.41. The number of nitrogens with one attached hydrogen (secondary N) is 1. The molecule has 0 aromatic heterocycles. The summed E-state index contributed by atoms with van der Waals surface area (Å²) in [4.78, 5) is 2.17. The van der Waals surface area contributed by atoms with Gasteiger partial charge in [0.15, 0.2) is 0 Å². The van der Waals surface area contributed by atoms with E-state index in [2.05, 4.69) is 48.6 Å². The van der Waals surface area contributed by atoms with Crippen molar-refractivity contribution in [3.63, 3.8) is 0 Å². The van der Waals surface area contributed by atoms with Crippen molar-refractivity contribution < 1.29 is 5.11 Å². The SMILES string of the molecule is CN(C)CCCNCC(O)c1ccc2ccccc2c1. The number of nitrogens with zero attached hydrogens (tertiary/aromatic N) is 1. The fraction of sp³-hybridized carbons (Fsp3) is 0.412. The Kier molecular flexibility index (Phi) is 5.53. The molecule has 0 amide bonds. The maximum Gasteiger partial charge on any atom is 0.0914 e. The molecule has 3 heteroatoms. The summed E-state index contributed by atoms with van der Waals surface area (Å²) in [5.74, 6) is 0. The van der Waals surface area contributed by atoms with E-state index < -0.39 is 6.10 Å². The van der Waals surface area contributed by atoms with E-state index in [1.165, 1.54) is 10.8 Å². The number of rotatable bonds is 7. The zero-order valence-electron chi connectivity index (χ0n) is 12.3. The molecule has 1 atom stereocenters. The second kappa shape index (κ2) is 7.39. The van der Waals surface area contributed by atoms with Crippen LogP contribution in [0.25, 0.3) is 10.8 Å². The van der Waals surface area contributed by atoms with E-state index in [-0.39, 0.29) is 0 Å². The zero-order valence-corrected chi connectivity index (χ0v) is 12.3. The Labute approximate surface area is 121 Å². The predicted molar refractivity (Wildman–Crippen MR) is 84.9 cm³/mol. The van der Waals surface area contributed by atoms with E-state index in [0.29, 0.717) is 6.54 Å². The summed E-state index contributed by atoms with van der Waals surface area (Å²) < 4.78 is 0. The van der Waals surface area contributed by atoms with Gasteiger partial charge in [0.25, 0.3) is 0 Å². The second-order valence-corrected chi connectivity index (χ2v) is 5.48. The van der Waals surface area contributed by atoms with Crippen LogP contribution in [0.5, 0.6) is 0 Å². The largest absolute Gasteiger partial charge is 0.387 e. The lowest BCUT2D eigenvalue weighted by Crippen LogP contribution is -2.25. The molecule has 0 radical (unpaired) electrons. The van der Waals surface area contributed by atoms with E-state index in [0.717, 1.165) is 25.1 Å². The van der Waals surface area contributed by atoms with Gasteiger partial charge in [0.1, 0.15) is 0 Å². The number of aliphatic hydroxyl groups excluding tert-OH is 1. The highest BCUT2D eigenvalue weighted by molar-refractivity contribution is 5.83. The summed E-state index contributed by atoms with van der Waals surface area (Å²) >= 11 is 0. The van der Waals surface area contributed by atoms with Crippen molar-refractivity contribution in [3.8, 4) is 0 Å². The van der Waals surface area contributed by atoms with Gasteiger partial charge in [-0.25, -0.2) is 0 Å². The lowest BCUT2D eigenvalue weighted by atomic mass is 10.0. The molecule has 0 saturated heterocycles. The van der Waals surface area contributed by atoms with Crippen molar-refractivity contribution in [2.45, 2.75) is 12.5 Å². The quantitative estimate of drug-likeness (QED) is 0.760. The third-order valence-corrected chi connectivity index (χ3v) is 3.45. The van der Waals surface area contributed by atoms with Crippen LogP contribution in [0.15, 0.2) is 42.5 Å². The molecule has 0 fully saturated rings. The standard InChI is InChI=1S/C17H24N2O/c1-19(2)11-5-10-18-13-17(20)16-9-8-14-6-3-4-7-15(14)12-16/h3-4,6-9,12,17-18,20H,5,10-11,13H2,1-2H3. The summed E-state index contributed by atoms with van der Waals surface area (Å²) in [6, 6.07) is 14.4. The molecule has 0 saturated carbocycles. The Morgan fingerprint density at radius 3 is 2.60 bits per heavy atom. The number of aliphatic hydroxyl groups is 1. The van der Waals surface area contributed by atoms with Crippen LogP contribution in [-0.4, -0.2) is 43.7 Å². The number of benzene rings is 2. The fourth-order valence-corrected chi connectivity index (χ4v) is 2.29. The molecular formula is C17H24N2O. The first-order valence-electron chi connectivity index (χ1n) is 7.19. The van der Waals surface area contributed by atoms with Crippen LogP contribution in [0.1, 0.15) is 18.1 Å². The highest BCUT2D eigenvalue weighted by Crippen LogP contribution is 2.19. The van der Waals surface area contributed by atoms with E-state index in [9.17, 15) is 5.11 Å². The molecule has 20 heavy (non-hydrogen) atoms. The molecule has 3 nitrogen and oxygen atoms in total. The lowest BCUT2D eigenvalue weighted by molar-refractivity contribution is 0.174. The minimum Gasteiger partial charge on any atom is -0.387 e. The molecule has 0 aliphatic carbocycles. The van der Waals surface area contributed by atoms with Gasteiger partial charge in [-0.1, -0.05) is 36.4 Å². The molecule has 108 valence electrons. The van der Waals surface area contributed by atoms with Gasteiger partial charge >= 0.3 is 0 Å². The Balaban J connectivity index is 1.86. The van der Waals surface area contributed by atoms with Crippen molar-refractivity contribution in [1.82, 2.24) is 10.2 Å². The third kappa shape index (κ3) is 4.30. The van der Waals surface area contributed by atoms with Crippen LogP contribution in [0.4, 0.5) is 0 Å². The topological polar surface area (TPSA) is 35.5 Å². The van der Waals surface area contributed by atoms with Gasteiger partial charge in [-0.2, -0.15) is 0 Å². The van der Waals surface area contributed by atoms with E-state index in [4.69, 9.17) is 0 Å². The minimum absolute atomic E-state index is 0.445. The first-order valence-corrected chi connectivity index (χ1v) is 7.19. The summed E-state index contributed by atoms with van der Waals surface area (Å²) in [6.45, 7) is 2.60. The molecular weight excluding hydrogens is 248 g/mol. The van der Waals surface area contributed by atoms with E-state index in [1.54, 1.807) is 0 Å². The maximum atomic E-state index is 10.2. The van der Waals surface area contributed by atoms with Crippen LogP contribution in [0, 0.1) is 0 Å². The third-order valence-electron chi connectivity index (χ3n) is 3.45. The number of hydrogen-bond donors (Lipinski definition) is 2. The molecule has 1 unspecified atom stereocenters. The smallest absolute Gasteiger partial charge is 0.0914 e. The van der Waals surface area contributed by atoms with Gasteiger partial charge in [0, 0.05) is 6.54 Å². The van der Waals surface area contributed by atoms with E-state index >= 15 is 0 Å². The lowest BCUT2D eigenvalue weighted by Gasteiger charge is -2.14. The Morgan fingerprint density at radius 2 is 1.85 bits per heavy atom. The van der Waals surface area contributed by atoms with Crippen molar-refractivity contribution in [1.29, 1.82) is 0 Å². The van der Waals surface area contributed by atoms with E-state index in [1.807, 2.05) is 18.2 Å². The van der Waals surface area contributed by atoms with Gasteiger partial charge in [-0.05, 0) is 56.0 Å². The monoisotopic (exact) mass is 272 g/mol. The van der Waals surface area contributed by atoms with Crippen molar-refractivity contribution in [2.75, 3.05) is 33.7 Å². The fourth-order valence-electron chi connectivity index (χ4n) is 2.29. The summed E-state index contributed by atoms with van der Waals surface area (Å²) in [7, 11) is 4.15. The van der Waals surface area contributed by atoms with Crippen LogP contribution in [0.2, 0.25) is 0 Å².